The summed E-state index contributed by atoms with van der Waals surface area (Å²) in [6.07, 6.45) is 5.84. The molecule has 0 amide bonds. The Morgan fingerprint density at radius 2 is 2.13 bits per heavy atom. The Balaban J connectivity index is 1.91. The second-order valence-electron chi connectivity index (χ2n) is 5.72. The first-order valence-electron chi connectivity index (χ1n) is 7.51. The lowest BCUT2D eigenvalue weighted by Crippen LogP contribution is -2.24. The van der Waals surface area contributed by atoms with Gasteiger partial charge in [-0.1, -0.05) is 6.92 Å². The van der Waals surface area contributed by atoms with Crippen molar-refractivity contribution in [3.05, 3.63) is 34.6 Å². The van der Waals surface area contributed by atoms with Gasteiger partial charge in [-0.15, -0.1) is 0 Å². The van der Waals surface area contributed by atoms with Gasteiger partial charge in [0.15, 0.2) is 5.03 Å². The highest BCUT2D eigenvalue weighted by Gasteiger charge is 2.26. The molecule has 9 heteroatoms. The molecule has 2 aromatic heterocycles. The van der Waals surface area contributed by atoms with Crippen molar-refractivity contribution >= 4 is 16.0 Å². The molecular formula is C14H19N5O3S. The van der Waals surface area contributed by atoms with Gasteiger partial charge in [0.25, 0.3) is 15.6 Å². The van der Waals surface area contributed by atoms with E-state index in [1.807, 2.05) is 11.5 Å². The van der Waals surface area contributed by atoms with Crippen molar-refractivity contribution in [2.45, 2.75) is 37.8 Å². The van der Waals surface area contributed by atoms with Crippen molar-refractivity contribution in [2.75, 3.05) is 4.72 Å². The van der Waals surface area contributed by atoms with Crippen molar-refractivity contribution in [2.24, 2.45) is 13.0 Å². The smallest absolute Gasteiger partial charge is 0.283 e. The van der Waals surface area contributed by atoms with Crippen LogP contribution in [0.5, 0.6) is 0 Å². The Morgan fingerprint density at radius 3 is 2.78 bits per heavy atom. The number of rotatable bonds is 6. The highest BCUT2D eigenvalue weighted by molar-refractivity contribution is 7.92. The van der Waals surface area contributed by atoms with E-state index in [0.717, 1.165) is 16.9 Å². The van der Waals surface area contributed by atoms with Crippen LogP contribution >= 0.6 is 0 Å². The minimum Gasteiger partial charge on any atom is -0.333 e. The van der Waals surface area contributed by atoms with Crippen molar-refractivity contribution < 1.29 is 8.42 Å². The normalized spacial score (nSPS) is 14.9. The molecule has 1 aliphatic carbocycles. The van der Waals surface area contributed by atoms with E-state index >= 15 is 0 Å². The Bertz CT molecular complexity index is 880. The molecule has 0 radical (unpaired) electrons. The fourth-order valence-electron chi connectivity index (χ4n) is 2.32. The van der Waals surface area contributed by atoms with Gasteiger partial charge < -0.3 is 4.57 Å². The Labute approximate surface area is 134 Å². The van der Waals surface area contributed by atoms with Crippen LogP contribution in [0.15, 0.2) is 28.3 Å². The summed E-state index contributed by atoms with van der Waals surface area (Å²) in [7, 11) is -2.43. The van der Waals surface area contributed by atoms with E-state index in [0.29, 0.717) is 12.3 Å². The van der Waals surface area contributed by atoms with Crippen LogP contribution in [0.3, 0.4) is 0 Å². The zero-order chi connectivity index (χ0) is 16.6. The number of nitrogens with one attached hydrogen (secondary N) is 1. The van der Waals surface area contributed by atoms with E-state index in [1.165, 1.54) is 32.2 Å². The molecule has 8 nitrogen and oxygen atoms in total. The third kappa shape index (κ3) is 3.29. The second kappa shape index (κ2) is 5.80. The number of aryl methyl sites for hydroxylation is 1. The standard InChI is InChI=1S/C14H19N5O3S/c1-3-11-16-12(9-19(11)8-10-4-5-10)23(21,22)17-14-15-7-6-13(20)18(14)2/h6-7,9-10H,3-5,8H2,1-2H3,(H,15,17). The van der Waals surface area contributed by atoms with Gasteiger partial charge in [-0.2, -0.15) is 8.42 Å². The average molecular weight is 337 g/mol. The van der Waals surface area contributed by atoms with Gasteiger partial charge in [0.2, 0.25) is 5.95 Å². The maximum absolute atomic E-state index is 12.5. The molecule has 1 fully saturated rings. The molecule has 1 N–H and O–H groups in total. The molecule has 0 aliphatic heterocycles. The van der Waals surface area contributed by atoms with Gasteiger partial charge in [0.1, 0.15) is 5.82 Å². The highest BCUT2D eigenvalue weighted by Crippen LogP contribution is 2.31. The molecule has 1 aliphatic rings. The van der Waals surface area contributed by atoms with E-state index in [-0.39, 0.29) is 16.5 Å². The molecule has 0 unspecified atom stereocenters. The summed E-state index contributed by atoms with van der Waals surface area (Å²) in [4.78, 5) is 19.7. The van der Waals surface area contributed by atoms with E-state index in [9.17, 15) is 13.2 Å². The lowest BCUT2D eigenvalue weighted by atomic mass is 10.4. The topological polar surface area (TPSA) is 98.9 Å². The first-order chi connectivity index (χ1) is 10.9. The van der Waals surface area contributed by atoms with Crippen LogP contribution in [0, 0.1) is 5.92 Å². The van der Waals surface area contributed by atoms with E-state index in [1.54, 1.807) is 6.20 Å². The Kier molecular flexibility index (Phi) is 3.97. The summed E-state index contributed by atoms with van der Waals surface area (Å²) in [6.45, 7) is 2.74. The van der Waals surface area contributed by atoms with Gasteiger partial charge in [-0.25, -0.2) is 14.7 Å². The van der Waals surface area contributed by atoms with E-state index in [4.69, 9.17) is 0 Å². The molecule has 0 bridgehead atoms. The minimum atomic E-state index is -3.88. The molecule has 0 atom stereocenters. The number of anilines is 1. The SMILES string of the molecule is CCc1nc(S(=O)(=O)Nc2nccc(=O)n2C)cn1CC1CC1. The largest absolute Gasteiger partial charge is 0.333 e. The summed E-state index contributed by atoms with van der Waals surface area (Å²) in [5, 5.41) is -0.0481. The zero-order valence-electron chi connectivity index (χ0n) is 13.1. The molecule has 0 aromatic carbocycles. The van der Waals surface area contributed by atoms with E-state index < -0.39 is 10.0 Å². The molecule has 0 spiro atoms. The van der Waals surface area contributed by atoms with Crippen LogP contribution in [-0.4, -0.2) is 27.5 Å². The minimum absolute atomic E-state index is 0.0349. The highest BCUT2D eigenvalue weighted by atomic mass is 32.2. The number of hydrogen-bond donors (Lipinski definition) is 1. The lowest BCUT2D eigenvalue weighted by Gasteiger charge is -2.08. The monoisotopic (exact) mass is 337 g/mol. The van der Waals surface area contributed by atoms with Crippen molar-refractivity contribution in [1.82, 2.24) is 19.1 Å². The third-order valence-corrected chi connectivity index (χ3v) is 5.07. The first kappa shape index (κ1) is 15.7. The lowest BCUT2D eigenvalue weighted by molar-refractivity contribution is 0.594. The maximum atomic E-state index is 12.5. The van der Waals surface area contributed by atoms with Gasteiger partial charge >= 0.3 is 0 Å². The Morgan fingerprint density at radius 1 is 1.39 bits per heavy atom. The average Bonchev–Trinajstić information content (AvgIpc) is 3.21. The molecular weight excluding hydrogens is 318 g/mol. The summed E-state index contributed by atoms with van der Waals surface area (Å²) < 4.78 is 30.4. The fraction of sp³-hybridized carbons (Fsp3) is 0.500. The molecule has 23 heavy (non-hydrogen) atoms. The van der Waals surface area contributed by atoms with Crippen LogP contribution in [0.1, 0.15) is 25.6 Å². The third-order valence-electron chi connectivity index (χ3n) is 3.87. The van der Waals surface area contributed by atoms with Crippen molar-refractivity contribution in [3.8, 4) is 0 Å². The molecule has 124 valence electrons. The van der Waals surface area contributed by atoms with Gasteiger partial charge in [-0.05, 0) is 18.8 Å². The number of aromatic nitrogens is 4. The quantitative estimate of drug-likeness (QED) is 0.838. The summed E-state index contributed by atoms with van der Waals surface area (Å²) in [6, 6.07) is 1.26. The second-order valence-corrected chi connectivity index (χ2v) is 7.35. The summed E-state index contributed by atoms with van der Waals surface area (Å²) >= 11 is 0. The van der Waals surface area contributed by atoms with E-state index in [2.05, 4.69) is 14.7 Å². The summed E-state index contributed by atoms with van der Waals surface area (Å²) in [5.74, 6) is 1.33. The van der Waals surface area contributed by atoms with Crippen LogP contribution < -0.4 is 10.3 Å². The molecule has 0 saturated heterocycles. The summed E-state index contributed by atoms with van der Waals surface area (Å²) in [5.41, 5.74) is -0.341. The Hall–Kier alpha value is -2.16. The van der Waals surface area contributed by atoms with Gasteiger partial charge in [0.05, 0.1) is 0 Å². The molecule has 2 heterocycles. The van der Waals surface area contributed by atoms with Gasteiger partial charge in [-0.3, -0.25) is 9.36 Å². The fourth-order valence-corrected chi connectivity index (χ4v) is 3.34. The zero-order valence-corrected chi connectivity index (χ0v) is 13.9. The first-order valence-corrected chi connectivity index (χ1v) is 9.00. The number of sulfonamides is 1. The number of nitrogens with zero attached hydrogens (tertiary/aromatic N) is 4. The predicted octanol–water partition coefficient (Wildman–Crippen LogP) is 0.750. The predicted molar refractivity (Wildman–Crippen MR) is 84.6 cm³/mol. The van der Waals surface area contributed by atoms with Crippen molar-refractivity contribution in [1.29, 1.82) is 0 Å². The van der Waals surface area contributed by atoms with Gasteiger partial charge in [0, 0.05) is 38.5 Å². The number of imidazole rings is 1. The van der Waals surface area contributed by atoms with Crippen LogP contribution in [0.25, 0.3) is 0 Å². The van der Waals surface area contributed by atoms with Crippen molar-refractivity contribution in [3.63, 3.8) is 0 Å². The molecule has 1 saturated carbocycles. The van der Waals surface area contributed by atoms with Crippen LogP contribution in [-0.2, 0) is 30.0 Å². The molecule has 2 aromatic rings. The van der Waals surface area contributed by atoms with Crippen LogP contribution in [0.2, 0.25) is 0 Å². The molecule has 3 rings (SSSR count). The van der Waals surface area contributed by atoms with Crippen LogP contribution in [0.4, 0.5) is 5.95 Å². The number of hydrogen-bond acceptors (Lipinski definition) is 5. The maximum Gasteiger partial charge on any atom is 0.283 e.